The smallest absolute Gasteiger partial charge is 0.329 e. The molecule has 2 fully saturated rings. The first kappa shape index (κ1) is 22.5. The Morgan fingerprint density at radius 1 is 1.06 bits per heavy atom. The lowest BCUT2D eigenvalue weighted by atomic mass is 9.89. The molecule has 2 aliphatic rings. The molecule has 1 atom stereocenters. The zero-order valence-corrected chi connectivity index (χ0v) is 20.0. The van der Waals surface area contributed by atoms with Gasteiger partial charge < -0.3 is 9.64 Å². The number of benzene rings is 2. The summed E-state index contributed by atoms with van der Waals surface area (Å²) in [5.41, 5.74) is 3.47. The number of hydrogen-bond donors (Lipinski definition) is 1. The third kappa shape index (κ3) is 3.76. The van der Waals surface area contributed by atoms with E-state index in [9.17, 15) is 14.4 Å². The van der Waals surface area contributed by atoms with Gasteiger partial charge in [0.25, 0.3) is 0 Å². The molecule has 8 nitrogen and oxygen atoms in total. The normalized spacial score (nSPS) is 19.5. The Balaban J connectivity index is 1.44. The number of carbonyl (C=O) groups is 2. The predicted molar refractivity (Wildman–Crippen MR) is 131 cm³/mol. The summed E-state index contributed by atoms with van der Waals surface area (Å²) in [7, 11) is 3.36. The van der Waals surface area contributed by atoms with E-state index in [0.29, 0.717) is 28.6 Å². The number of aromatic nitrogens is 2. The van der Waals surface area contributed by atoms with Gasteiger partial charge in [0.2, 0.25) is 11.8 Å². The molecule has 1 unspecified atom stereocenters. The predicted octanol–water partition coefficient (Wildman–Crippen LogP) is 3.36. The number of halogens is 1. The maximum atomic E-state index is 13.2. The molecule has 3 aromatic rings. The third-order valence-corrected chi connectivity index (χ3v) is 7.40. The number of amides is 2. The van der Waals surface area contributed by atoms with Gasteiger partial charge in [-0.3, -0.25) is 24.0 Å². The van der Waals surface area contributed by atoms with Gasteiger partial charge >= 0.3 is 5.69 Å². The topological polar surface area (TPSA) is 85.6 Å². The lowest BCUT2D eigenvalue weighted by Gasteiger charge is -2.34. The highest BCUT2D eigenvalue weighted by molar-refractivity contribution is 6.32. The van der Waals surface area contributed by atoms with Crippen molar-refractivity contribution in [2.45, 2.75) is 37.6 Å². The van der Waals surface area contributed by atoms with Crippen LogP contribution in [0.1, 0.15) is 43.2 Å². The van der Waals surface area contributed by atoms with Crippen molar-refractivity contribution < 1.29 is 14.3 Å². The van der Waals surface area contributed by atoms with Gasteiger partial charge in [-0.15, -0.1) is 0 Å². The molecule has 2 aromatic carbocycles. The highest BCUT2D eigenvalue weighted by atomic mass is 35.5. The van der Waals surface area contributed by atoms with E-state index >= 15 is 0 Å². The van der Waals surface area contributed by atoms with Crippen LogP contribution < -0.4 is 20.6 Å². The summed E-state index contributed by atoms with van der Waals surface area (Å²) in [5, 5.41) is 2.97. The van der Waals surface area contributed by atoms with Crippen LogP contribution in [0.15, 0.2) is 41.2 Å². The molecule has 178 valence electrons. The van der Waals surface area contributed by atoms with Gasteiger partial charge in [-0.05, 0) is 55.0 Å². The van der Waals surface area contributed by atoms with Crippen LogP contribution in [0.25, 0.3) is 11.0 Å². The maximum Gasteiger partial charge on any atom is 0.329 e. The minimum Gasteiger partial charge on any atom is -0.495 e. The van der Waals surface area contributed by atoms with E-state index in [-0.39, 0.29) is 18.0 Å². The number of piperidine rings is 2. The summed E-state index contributed by atoms with van der Waals surface area (Å²) >= 11 is 6.19. The van der Waals surface area contributed by atoms with Crippen molar-refractivity contribution in [2.75, 3.05) is 25.1 Å². The van der Waals surface area contributed by atoms with Crippen molar-refractivity contribution in [3.8, 4) is 5.75 Å². The fourth-order valence-corrected chi connectivity index (χ4v) is 5.48. The van der Waals surface area contributed by atoms with Crippen molar-refractivity contribution in [2.24, 2.45) is 7.05 Å². The molecule has 0 saturated carbocycles. The van der Waals surface area contributed by atoms with Crippen molar-refractivity contribution >= 4 is 40.1 Å². The molecule has 0 bridgehead atoms. The first-order chi connectivity index (χ1) is 16.4. The fourth-order valence-electron chi connectivity index (χ4n) is 5.29. The SMILES string of the molecule is COc1cc(C2CCN(c3cccc4c3n(C)c(=O)n4C3CCC(=O)NC3=O)CC2)ccc1Cl. The highest BCUT2D eigenvalue weighted by Crippen LogP contribution is 2.36. The molecule has 3 heterocycles. The number of fused-ring (bicyclic) bond motifs is 1. The van der Waals surface area contributed by atoms with Gasteiger partial charge in [0, 0.05) is 26.6 Å². The summed E-state index contributed by atoms with van der Waals surface area (Å²) in [5.74, 6) is 0.376. The van der Waals surface area contributed by atoms with Crippen LogP contribution in [0.2, 0.25) is 5.02 Å². The molecule has 1 N–H and O–H groups in total. The average molecular weight is 483 g/mol. The van der Waals surface area contributed by atoms with E-state index in [1.54, 1.807) is 18.7 Å². The first-order valence-corrected chi connectivity index (χ1v) is 11.9. The van der Waals surface area contributed by atoms with Crippen LogP contribution in [0.4, 0.5) is 5.69 Å². The van der Waals surface area contributed by atoms with Crippen molar-refractivity contribution in [1.82, 2.24) is 14.5 Å². The number of para-hydroxylation sites is 1. The van der Waals surface area contributed by atoms with Crippen LogP contribution in [0, 0.1) is 0 Å². The number of nitrogens with one attached hydrogen (secondary N) is 1. The largest absolute Gasteiger partial charge is 0.495 e. The second kappa shape index (κ2) is 8.83. The number of ether oxygens (including phenoxy) is 1. The molecule has 34 heavy (non-hydrogen) atoms. The van der Waals surface area contributed by atoms with E-state index in [1.807, 2.05) is 30.3 Å². The Kier molecular flexibility index (Phi) is 5.85. The second-order valence-corrected chi connectivity index (χ2v) is 9.39. The lowest BCUT2D eigenvalue weighted by molar-refractivity contribution is -0.135. The van der Waals surface area contributed by atoms with Crippen LogP contribution in [-0.2, 0) is 16.6 Å². The number of aryl methyl sites for hydroxylation is 1. The highest BCUT2D eigenvalue weighted by Gasteiger charge is 2.32. The zero-order chi connectivity index (χ0) is 24.0. The van der Waals surface area contributed by atoms with E-state index in [0.717, 1.165) is 37.1 Å². The standard InChI is InChI=1S/C25H27ClN4O4/c1-28-23-18(29-12-10-15(11-13-29)16-6-7-17(26)21(14-16)34-2)4-3-5-19(23)30(25(28)33)20-8-9-22(31)27-24(20)32/h3-7,14-15,20H,8-13H2,1-2H3,(H,27,31,32). The average Bonchev–Trinajstić information content (AvgIpc) is 3.10. The molecule has 9 heteroatoms. The first-order valence-electron chi connectivity index (χ1n) is 11.5. The minimum atomic E-state index is -0.685. The second-order valence-electron chi connectivity index (χ2n) is 8.98. The summed E-state index contributed by atoms with van der Waals surface area (Å²) in [6.07, 6.45) is 2.47. The van der Waals surface area contributed by atoms with Crippen molar-refractivity contribution in [1.29, 1.82) is 0 Å². The monoisotopic (exact) mass is 482 g/mol. The minimum absolute atomic E-state index is 0.224. The van der Waals surface area contributed by atoms with E-state index in [4.69, 9.17) is 16.3 Å². The Morgan fingerprint density at radius 3 is 2.53 bits per heavy atom. The van der Waals surface area contributed by atoms with Crippen LogP contribution in [0.5, 0.6) is 5.75 Å². The molecule has 5 rings (SSSR count). The van der Waals surface area contributed by atoms with Gasteiger partial charge in [0.15, 0.2) is 0 Å². The Morgan fingerprint density at radius 2 is 1.82 bits per heavy atom. The zero-order valence-electron chi connectivity index (χ0n) is 19.2. The number of rotatable bonds is 4. The molecule has 0 radical (unpaired) electrons. The van der Waals surface area contributed by atoms with Gasteiger partial charge in [0.05, 0.1) is 28.9 Å². The van der Waals surface area contributed by atoms with Gasteiger partial charge in [-0.25, -0.2) is 4.79 Å². The number of anilines is 1. The molecular weight excluding hydrogens is 456 g/mol. The lowest BCUT2D eigenvalue weighted by Crippen LogP contribution is -2.44. The number of imidazole rings is 1. The van der Waals surface area contributed by atoms with Crippen LogP contribution >= 0.6 is 11.6 Å². The third-order valence-electron chi connectivity index (χ3n) is 7.09. The Labute approximate surface area is 202 Å². The number of methoxy groups -OCH3 is 1. The number of imide groups is 1. The van der Waals surface area contributed by atoms with Crippen LogP contribution in [-0.4, -0.2) is 41.1 Å². The van der Waals surface area contributed by atoms with Gasteiger partial charge in [0.1, 0.15) is 11.8 Å². The van der Waals surface area contributed by atoms with E-state index in [1.165, 1.54) is 10.1 Å². The molecule has 2 aliphatic heterocycles. The number of carbonyl (C=O) groups excluding carboxylic acids is 2. The van der Waals surface area contributed by atoms with Crippen molar-refractivity contribution in [3.63, 3.8) is 0 Å². The van der Waals surface area contributed by atoms with E-state index in [2.05, 4.69) is 16.3 Å². The molecule has 2 saturated heterocycles. The summed E-state index contributed by atoms with van der Waals surface area (Å²) in [6, 6.07) is 11.1. The quantitative estimate of drug-likeness (QED) is 0.576. The summed E-state index contributed by atoms with van der Waals surface area (Å²) in [4.78, 5) is 39.6. The molecule has 2 amide bonds. The molecule has 1 aromatic heterocycles. The summed E-state index contributed by atoms with van der Waals surface area (Å²) < 4.78 is 8.53. The van der Waals surface area contributed by atoms with Gasteiger partial charge in [-0.1, -0.05) is 23.7 Å². The molecule has 0 aliphatic carbocycles. The fraction of sp³-hybridized carbons (Fsp3) is 0.400. The molecular formula is C25H27ClN4O4. The van der Waals surface area contributed by atoms with Crippen LogP contribution in [0.3, 0.4) is 0 Å². The Bertz CT molecular complexity index is 1340. The number of nitrogens with zero attached hydrogens (tertiary/aromatic N) is 3. The number of hydrogen-bond acceptors (Lipinski definition) is 5. The molecule has 0 spiro atoms. The maximum absolute atomic E-state index is 13.2. The summed E-state index contributed by atoms with van der Waals surface area (Å²) in [6.45, 7) is 1.68. The Hall–Kier alpha value is -3.26. The van der Waals surface area contributed by atoms with Gasteiger partial charge in [-0.2, -0.15) is 0 Å². The van der Waals surface area contributed by atoms with E-state index < -0.39 is 11.9 Å². The van der Waals surface area contributed by atoms with Crippen molar-refractivity contribution in [3.05, 3.63) is 57.5 Å².